The zero-order valence-corrected chi connectivity index (χ0v) is 16.2. The molecular weight excluding hydrogens is 368 g/mol. The molecule has 0 aromatic heterocycles. The molecule has 0 radical (unpaired) electrons. The molecule has 0 spiro atoms. The molecule has 0 bridgehead atoms. The van der Waals surface area contributed by atoms with Gasteiger partial charge in [-0.25, -0.2) is 4.79 Å². The van der Waals surface area contributed by atoms with Crippen LogP contribution in [0.1, 0.15) is 26.7 Å². The third-order valence-electron chi connectivity index (χ3n) is 3.69. The van der Waals surface area contributed by atoms with Crippen LogP contribution in [0.4, 0.5) is 4.79 Å². The van der Waals surface area contributed by atoms with Crippen molar-refractivity contribution in [3.8, 4) is 0 Å². The van der Waals surface area contributed by atoms with Crippen molar-refractivity contribution in [2.45, 2.75) is 32.2 Å². The summed E-state index contributed by atoms with van der Waals surface area (Å²) in [6.45, 7) is 3.26. The van der Waals surface area contributed by atoms with E-state index in [1.54, 1.807) is 13.8 Å². The number of thiol groups is 2. The number of ether oxygens (including phenoxy) is 2. The minimum absolute atomic E-state index is 0.000167. The number of imide groups is 1. The van der Waals surface area contributed by atoms with E-state index in [-0.39, 0.29) is 45.1 Å². The molecule has 142 valence electrons. The normalized spacial score (nSPS) is 16.3. The van der Waals surface area contributed by atoms with Gasteiger partial charge in [-0.2, -0.15) is 25.3 Å². The minimum atomic E-state index is -1.05. The smallest absolute Gasteiger partial charge is 0.327 e. The second-order valence-electron chi connectivity index (χ2n) is 5.84. The van der Waals surface area contributed by atoms with E-state index in [2.05, 4.69) is 25.3 Å². The fourth-order valence-electron chi connectivity index (χ4n) is 2.32. The Morgan fingerprint density at radius 2 is 1.44 bits per heavy atom. The largest absolute Gasteiger partial charge is 0.464 e. The van der Waals surface area contributed by atoms with Gasteiger partial charge in [-0.3, -0.25) is 19.3 Å². The van der Waals surface area contributed by atoms with Gasteiger partial charge in [-0.15, -0.1) is 0 Å². The van der Waals surface area contributed by atoms with Crippen LogP contribution in [0.5, 0.6) is 0 Å². The third-order valence-corrected chi connectivity index (χ3v) is 4.14. The molecule has 1 aliphatic heterocycles. The number of nitrogens with zero attached hydrogens (tertiary/aromatic N) is 2. The standard InChI is InChI=1S/C15H24N2O6S2/c1-15(2)13(20)16(5-7-22-11(18)3-9-24)14(21)17(15)6-8-23-12(19)4-10-25/h24-25H,3-10H2,1-2H3. The average Bonchev–Trinajstić information content (AvgIpc) is 2.69. The predicted molar refractivity (Wildman–Crippen MR) is 96.8 cm³/mol. The van der Waals surface area contributed by atoms with Crippen LogP contribution in [0.15, 0.2) is 0 Å². The van der Waals surface area contributed by atoms with Gasteiger partial charge in [-0.1, -0.05) is 0 Å². The fraction of sp³-hybridized carbons (Fsp3) is 0.733. The summed E-state index contributed by atoms with van der Waals surface area (Å²) < 4.78 is 9.96. The first-order chi connectivity index (χ1) is 11.8. The van der Waals surface area contributed by atoms with Crippen molar-refractivity contribution < 1.29 is 28.7 Å². The van der Waals surface area contributed by atoms with Crippen molar-refractivity contribution in [3.05, 3.63) is 0 Å². The van der Waals surface area contributed by atoms with E-state index in [0.717, 1.165) is 4.90 Å². The van der Waals surface area contributed by atoms with E-state index in [4.69, 9.17) is 9.47 Å². The zero-order chi connectivity index (χ0) is 19.0. The van der Waals surface area contributed by atoms with E-state index >= 15 is 0 Å². The summed E-state index contributed by atoms with van der Waals surface area (Å²) >= 11 is 7.86. The summed E-state index contributed by atoms with van der Waals surface area (Å²) in [5.41, 5.74) is -1.05. The summed E-state index contributed by atoms with van der Waals surface area (Å²) in [5.74, 6) is -0.470. The highest BCUT2D eigenvalue weighted by molar-refractivity contribution is 7.80. The lowest BCUT2D eigenvalue weighted by molar-refractivity contribution is -0.145. The maximum Gasteiger partial charge on any atom is 0.327 e. The topological polar surface area (TPSA) is 93.2 Å². The van der Waals surface area contributed by atoms with E-state index in [1.807, 2.05) is 0 Å². The third kappa shape index (κ3) is 5.81. The van der Waals surface area contributed by atoms with Gasteiger partial charge in [-0.05, 0) is 13.8 Å². The number of carbonyl (C=O) groups excluding carboxylic acids is 4. The van der Waals surface area contributed by atoms with Gasteiger partial charge in [0.2, 0.25) is 0 Å². The average molecular weight is 392 g/mol. The zero-order valence-electron chi connectivity index (χ0n) is 14.4. The van der Waals surface area contributed by atoms with Gasteiger partial charge in [0.25, 0.3) is 5.91 Å². The molecule has 0 aromatic rings. The van der Waals surface area contributed by atoms with Gasteiger partial charge >= 0.3 is 18.0 Å². The van der Waals surface area contributed by atoms with Crippen molar-refractivity contribution in [3.63, 3.8) is 0 Å². The molecular formula is C15H24N2O6S2. The first-order valence-corrected chi connectivity index (χ1v) is 9.18. The maximum atomic E-state index is 12.5. The lowest BCUT2D eigenvalue weighted by Crippen LogP contribution is -2.45. The van der Waals surface area contributed by atoms with Crippen molar-refractivity contribution in [2.75, 3.05) is 37.8 Å². The highest BCUT2D eigenvalue weighted by Gasteiger charge is 2.50. The van der Waals surface area contributed by atoms with Crippen molar-refractivity contribution >= 4 is 49.1 Å². The molecule has 0 N–H and O–H groups in total. The van der Waals surface area contributed by atoms with E-state index in [1.165, 1.54) is 4.90 Å². The summed E-state index contributed by atoms with van der Waals surface area (Å²) in [4.78, 5) is 49.9. The summed E-state index contributed by atoms with van der Waals surface area (Å²) in [6, 6.07) is -0.495. The molecule has 1 saturated heterocycles. The molecule has 1 aliphatic rings. The van der Waals surface area contributed by atoms with E-state index in [9.17, 15) is 19.2 Å². The van der Waals surface area contributed by atoms with Crippen molar-refractivity contribution in [1.29, 1.82) is 0 Å². The van der Waals surface area contributed by atoms with Crippen LogP contribution in [0.2, 0.25) is 0 Å². The second-order valence-corrected chi connectivity index (χ2v) is 6.73. The quantitative estimate of drug-likeness (QED) is 0.324. The van der Waals surface area contributed by atoms with Crippen molar-refractivity contribution in [1.82, 2.24) is 9.80 Å². The molecule has 3 amide bonds. The summed E-state index contributed by atoms with van der Waals surface area (Å²) in [7, 11) is 0. The van der Waals surface area contributed by atoms with E-state index < -0.39 is 23.5 Å². The molecule has 0 unspecified atom stereocenters. The molecule has 25 heavy (non-hydrogen) atoms. The SMILES string of the molecule is CC1(C)C(=O)N(CCOC(=O)CCS)C(=O)N1CCOC(=O)CCS. The Morgan fingerprint density at radius 3 is 1.92 bits per heavy atom. The number of amides is 3. The lowest BCUT2D eigenvalue weighted by atomic mass is 10.0. The van der Waals surface area contributed by atoms with Crippen LogP contribution < -0.4 is 0 Å². The van der Waals surface area contributed by atoms with Crippen molar-refractivity contribution in [2.24, 2.45) is 0 Å². The van der Waals surface area contributed by atoms with Crippen LogP contribution >= 0.6 is 25.3 Å². The highest BCUT2D eigenvalue weighted by Crippen LogP contribution is 2.27. The van der Waals surface area contributed by atoms with E-state index in [0.29, 0.717) is 11.5 Å². The fourth-order valence-corrected chi connectivity index (χ4v) is 2.68. The van der Waals surface area contributed by atoms with Crippen LogP contribution in [0, 0.1) is 0 Å². The number of esters is 2. The number of hydrogen-bond acceptors (Lipinski definition) is 8. The van der Waals surface area contributed by atoms with Crippen LogP contribution in [0.25, 0.3) is 0 Å². The molecule has 1 fully saturated rings. The number of rotatable bonds is 10. The molecule has 0 atom stereocenters. The predicted octanol–water partition coefficient (Wildman–Crippen LogP) is 0.755. The van der Waals surface area contributed by atoms with Gasteiger partial charge in [0.1, 0.15) is 18.8 Å². The molecule has 0 aliphatic carbocycles. The lowest BCUT2D eigenvalue weighted by Gasteiger charge is -2.27. The first kappa shape index (κ1) is 21.6. The Morgan fingerprint density at radius 1 is 0.960 bits per heavy atom. The van der Waals surface area contributed by atoms with Crippen LogP contribution in [0.3, 0.4) is 0 Å². The number of urea groups is 1. The molecule has 0 aromatic carbocycles. The Kier molecular flexibility index (Phi) is 8.57. The van der Waals surface area contributed by atoms with Gasteiger partial charge in [0.05, 0.1) is 25.9 Å². The number of carbonyl (C=O) groups is 4. The Balaban J connectivity index is 2.57. The first-order valence-electron chi connectivity index (χ1n) is 7.92. The Hall–Kier alpha value is -1.42. The Labute approximate surface area is 158 Å². The highest BCUT2D eigenvalue weighted by atomic mass is 32.1. The summed E-state index contributed by atoms with van der Waals surface area (Å²) in [5, 5.41) is 0. The van der Waals surface area contributed by atoms with Gasteiger partial charge in [0, 0.05) is 11.5 Å². The molecule has 0 saturated carbocycles. The van der Waals surface area contributed by atoms with Crippen LogP contribution in [-0.4, -0.2) is 77.0 Å². The molecule has 1 heterocycles. The molecule has 1 rings (SSSR count). The van der Waals surface area contributed by atoms with Gasteiger partial charge in [0.15, 0.2) is 0 Å². The molecule has 10 heteroatoms. The summed E-state index contributed by atoms with van der Waals surface area (Å²) in [6.07, 6.45) is 0.351. The van der Waals surface area contributed by atoms with Gasteiger partial charge < -0.3 is 14.4 Å². The molecule has 8 nitrogen and oxygen atoms in total. The maximum absolute atomic E-state index is 12.5. The number of hydrogen-bond donors (Lipinski definition) is 2. The minimum Gasteiger partial charge on any atom is -0.464 e. The second kappa shape index (κ2) is 9.91. The monoisotopic (exact) mass is 392 g/mol. The Bertz CT molecular complexity index is 526. The van der Waals surface area contributed by atoms with Crippen LogP contribution in [-0.2, 0) is 23.9 Å².